The fourth-order valence-corrected chi connectivity index (χ4v) is 3.03. The van der Waals surface area contributed by atoms with Gasteiger partial charge in [0, 0.05) is 37.6 Å². The van der Waals surface area contributed by atoms with E-state index in [1.165, 1.54) is 50.9 Å². The Kier molecular flexibility index (Phi) is 4.66. The Morgan fingerprint density at radius 3 is 2.65 bits per heavy atom. The first-order valence-electron chi connectivity index (χ1n) is 7.23. The highest BCUT2D eigenvalue weighted by molar-refractivity contribution is 5.08. The van der Waals surface area contributed by atoms with E-state index < -0.39 is 0 Å². The molecular formula is C15H26N2. The lowest BCUT2D eigenvalue weighted by Crippen LogP contribution is -2.34. The zero-order valence-electron chi connectivity index (χ0n) is 11.4. The summed E-state index contributed by atoms with van der Waals surface area (Å²) < 4.78 is 2.43. The van der Waals surface area contributed by atoms with Gasteiger partial charge >= 0.3 is 0 Å². The zero-order chi connectivity index (χ0) is 12.1. The molecule has 1 aromatic heterocycles. The summed E-state index contributed by atoms with van der Waals surface area (Å²) in [6, 6.07) is 5.27. The molecule has 1 aliphatic heterocycles. The molecule has 0 aliphatic carbocycles. The predicted octanol–water partition coefficient (Wildman–Crippen LogP) is 3.66. The lowest BCUT2D eigenvalue weighted by molar-refractivity contribution is 0.169. The minimum absolute atomic E-state index is 0.798. The molecular weight excluding hydrogens is 208 g/mol. The third-order valence-corrected chi connectivity index (χ3v) is 3.89. The molecule has 0 atom stereocenters. The highest BCUT2D eigenvalue weighted by Gasteiger charge is 2.20. The van der Waals surface area contributed by atoms with Crippen LogP contribution in [-0.4, -0.2) is 22.1 Å². The van der Waals surface area contributed by atoms with Gasteiger partial charge in [-0.05, 0) is 31.4 Å². The predicted molar refractivity (Wildman–Crippen MR) is 73.1 cm³/mol. The van der Waals surface area contributed by atoms with Crippen molar-refractivity contribution in [1.29, 1.82) is 0 Å². The molecule has 2 heteroatoms. The number of aryl methyl sites for hydroxylation is 1. The number of aromatic nitrogens is 1. The van der Waals surface area contributed by atoms with E-state index >= 15 is 0 Å². The van der Waals surface area contributed by atoms with Crippen molar-refractivity contribution in [3.63, 3.8) is 0 Å². The van der Waals surface area contributed by atoms with E-state index in [0.29, 0.717) is 0 Å². The van der Waals surface area contributed by atoms with Crippen LogP contribution in [0.1, 0.15) is 51.6 Å². The van der Waals surface area contributed by atoms with E-state index in [-0.39, 0.29) is 0 Å². The van der Waals surface area contributed by atoms with Gasteiger partial charge in [-0.25, -0.2) is 0 Å². The molecule has 0 spiro atoms. The number of nitrogens with zero attached hydrogens (tertiary/aromatic N) is 2. The second-order valence-corrected chi connectivity index (χ2v) is 5.25. The van der Waals surface area contributed by atoms with Gasteiger partial charge in [0.2, 0.25) is 0 Å². The molecule has 96 valence electrons. The van der Waals surface area contributed by atoms with Crippen LogP contribution >= 0.6 is 0 Å². The second-order valence-electron chi connectivity index (χ2n) is 5.25. The molecule has 0 unspecified atom stereocenters. The Hall–Kier alpha value is -0.760. The van der Waals surface area contributed by atoms with Gasteiger partial charge in [-0.2, -0.15) is 0 Å². The largest absolute Gasteiger partial charge is 0.350 e. The van der Waals surface area contributed by atoms with Crippen LogP contribution in [-0.2, 0) is 13.1 Å². The Bertz CT molecular complexity index is 323. The fraction of sp³-hybridized carbons (Fsp3) is 0.733. The highest BCUT2D eigenvalue weighted by atomic mass is 15.2. The summed E-state index contributed by atoms with van der Waals surface area (Å²) in [5.41, 5.74) is 1.50. The number of rotatable bonds is 5. The van der Waals surface area contributed by atoms with Gasteiger partial charge in [-0.15, -0.1) is 0 Å². The van der Waals surface area contributed by atoms with Crippen molar-refractivity contribution in [3.05, 3.63) is 24.0 Å². The fourth-order valence-electron chi connectivity index (χ4n) is 3.03. The Balaban J connectivity index is 2.04. The molecule has 0 radical (unpaired) electrons. The Morgan fingerprint density at radius 2 is 1.94 bits per heavy atom. The van der Waals surface area contributed by atoms with E-state index in [0.717, 1.165) is 12.6 Å². The maximum Gasteiger partial charge on any atom is 0.0390 e. The zero-order valence-corrected chi connectivity index (χ0v) is 11.4. The first-order chi connectivity index (χ1) is 8.35. The van der Waals surface area contributed by atoms with Crippen LogP contribution in [0.15, 0.2) is 18.3 Å². The van der Waals surface area contributed by atoms with Crippen LogP contribution in [0.2, 0.25) is 0 Å². The molecule has 0 fully saturated rings. The van der Waals surface area contributed by atoms with Crippen LogP contribution in [0.4, 0.5) is 0 Å². The second kappa shape index (κ2) is 6.25. The van der Waals surface area contributed by atoms with Crippen LogP contribution < -0.4 is 0 Å². The van der Waals surface area contributed by atoms with Crippen molar-refractivity contribution in [1.82, 2.24) is 9.47 Å². The summed E-state index contributed by atoms with van der Waals surface area (Å²) in [5, 5.41) is 0. The monoisotopic (exact) mass is 234 g/mol. The average molecular weight is 234 g/mol. The maximum atomic E-state index is 2.71. The SMILES string of the molecule is CCCC(CCC)N1CCCn2cccc2C1. The normalized spacial score (nSPS) is 17.1. The molecule has 1 aliphatic rings. The molecule has 0 saturated heterocycles. The number of hydrogen-bond donors (Lipinski definition) is 0. The van der Waals surface area contributed by atoms with E-state index in [2.05, 4.69) is 41.6 Å². The van der Waals surface area contributed by atoms with Gasteiger partial charge in [0.15, 0.2) is 0 Å². The number of fused-ring (bicyclic) bond motifs is 1. The third kappa shape index (κ3) is 3.12. The Labute approximate surface area is 106 Å². The maximum absolute atomic E-state index is 2.71. The molecule has 2 nitrogen and oxygen atoms in total. The van der Waals surface area contributed by atoms with Gasteiger partial charge in [0.1, 0.15) is 0 Å². The number of hydrogen-bond acceptors (Lipinski definition) is 1. The van der Waals surface area contributed by atoms with Gasteiger partial charge < -0.3 is 4.57 Å². The van der Waals surface area contributed by atoms with E-state index in [9.17, 15) is 0 Å². The summed E-state index contributed by atoms with van der Waals surface area (Å²) in [6.07, 6.45) is 8.85. The average Bonchev–Trinajstić information content (AvgIpc) is 2.66. The van der Waals surface area contributed by atoms with Crippen molar-refractivity contribution in [2.75, 3.05) is 6.54 Å². The van der Waals surface area contributed by atoms with E-state index in [1.807, 2.05) is 0 Å². The topological polar surface area (TPSA) is 8.17 Å². The van der Waals surface area contributed by atoms with Crippen molar-refractivity contribution in [2.45, 2.75) is 65.1 Å². The van der Waals surface area contributed by atoms with Gasteiger partial charge in [-0.1, -0.05) is 26.7 Å². The lowest BCUT2D eigenvalue weighted by atomic mass is 10.0. The molecule has 0 saturated carbocycles. The molecule has 2 heterocycles. The summed E-state index contributed by atoms with van der Waals surface area (Å²) in [7, 11) is 0. The minimum Gasteiger partial charge on any atom is -0.350 e. The van der Waals surface area contributed by atoms with Crippen LogP contribution in [0.5, 0.6) is 0 Å². The first kappa shape index (κ1) is 12.7. The molecule has 2 rings (SSSR count). The summed E-state index contributed by atoms with van der Waals surface area (Å²) in [6.45, 7) is 8.24. The van der Waals surface area contributed by atoms with E-state index in [1.54, 1.807) is 0 Å². The molecule has 0 bridgehead atoms. The minimum atomic E-state index is 0.798. The van der Waals surface area contributed by atoms with Crippen molar-refractivity contribution >= 4 is 0 Å². The highest BCUT2D eigenvalue weighted by Crippen LogP contribution is 2.20. The molecule has 0 amide bonds. The first-order valence-corrected chi connectivity index (χ1v) is 7.23. The standard InChI is InChI=1S/C15H26N2/c1-3-7-14(8-4-2)17-12-6-11-16-10-5-9-15(16)13-17/h5,9-10,14H,3-4,6-8,11-13H2,1-2H3. The molecule has 17 heavy (non-hydrogen) atoms. The molecule has 0 aromatic carbocycles. The van der Waals surface area contributed by atoms with Crippen LogP contribution in [0.25, 0.3) is 0 Å². The van der Waals surface area contributed by atoms with Crippen molar-refractivity contribution in [3.8, 4) is 0 Å². The quantitative estimate of drug-likeness (QED) is 0.755. The molecule has 1 aromatic rings. The summed E-state index contributed by atoms with van der Waals surface area (Å²) >= 11 is 0. The van der Waals surface area contributed by atoms with Crippen molar-refractivity contribution < 1.29 is 0 Å². The summed E-state index contributed by atoms with van der Waals surface area (Å²) in [5.74, 6) is 0. The van der Waals surface area contributed by atoms with Gasteiger partial charge in [-0.3, -0.25) is 4.90 Å². The lowest BCUT2D eigenvalue weighted by Gasteiger charge is -2.30. The summed E-state index contributed by atoms with van der Waals surface area (Å²) in [4.78, 5) is 2.71. The van der Waals surface area contributed by atoms with Crippen LogP contribution in [0, 0.1) is 0 Å². The van der Waals surface area contributed by atoms with Crippen molar-refractivity contribution in [2.24, 2.45) is 0 Å². The van der Waals surface area contributed by atoms with E-state index in [4.69, 9.17) is 0 Å². The molecule has 0 N–H and O–H groups in total. The third-order valence-electron chi connectivity index (χ3n) is 3.89. The Morgan fingerprint density at radius 1 is 1.18 bits per heavy atom. The van der Waals surface area contributed by atoms with Gasteiger partial charge in [0.05, 0.1) is 0 Å². The van der Waals surface area contributed by atoms with Gasteiger partial charge in [0.25, 0.3) is 0 Å². The van der Waals surface area contributed by atoms with Crippen LogP contribution in [0.3, 0.4) is 0 Å². The smallest absolute Gasteiger partial charge is 0.0390 e.